The van der Waals surface area contributed by atoms with Gasteiger partial charge in [-0.3, -0.25) is 9.59 Å². The molecule has 0 radical (unpaired) electrons. The minimum absolute atomic E-state index is 0.0382. The molecule has 28 heavy (non-hydrogen) atoms. The molecular formula is C20H26N2O4S2. The Bertz CT molecular complexity index is 887. The molecule has 0 aliphatic heterocycles. The molecule has 0 bridgehead atoms. The van der Waals surface area contributed by atoms with Gasteiger partial charge in [-0.1, -0.05) is 32.0 Å². The summed E-state index contributed by atoms with van der Waals surface area (Å²) in [5, 5.41) is 4.69. The molecule has 1 N–H and O–H groups in total. The molecule has 0 saturated heterocycles. The second-order valence-electron chi connectivity index (χ2n) is 6.35. The summed E-state index contributed by atoms with van der Waals surface area (Å²) in [7, 11) is -3.50. The monoisotopic (exact) mass is 422 g/mol. The zero-order valence-electron chi connectivity index (χ0n) is 16.3. The Morgan fingerprint density at radius 2 is 1.71 bits per heavy atom. The largest absolute Gasteiger partial charge is 0.350 e. The topological polar surface area (TPSA) is 83.6 Å². The van der Waals surface area contributed by atoms with Crippen LogP contribution in [0.25, 0.3) is 0 Å². The Hall–Kier alpha value is -2.03. The highest BCUT2D eigenvalue weighted by molar-refractivity contribution is 7.89. The maximum atomic E-state index is 12.5. The number of thiophene rings is 1. The lowest BCUT2D eigenvalue weighted by Gasteiger charge is -2.19. The molecule has 1 atom stereocenters. The van der Waals surface area contributed by atoms with Gasteiger partial charge in [0.1, 0.15) is 0 Å². The fourth-order valence-electron chi connectivity index (χ4n) is 2.83. The molecule has 0 fully saturated rings. The van der Waals surface area contributed by atoms with Crippen molar-refractivity contribution in [3.8, 4) is 0 Å². The molecule has 1 heterocycles. The lowest BCUT2D eigenvalue weighted by molar-refractivity contribution is -0.121. The maximum absolute atomic E-state index is 12.5. The van der Waals surface area contributed by atoms with Gasteiger partial charge in [-0.25, -0.2) is 8.42 Å². The normalized spacial score (nSPS) is 12.7. The maximum Gasteiger partial charge on any atom is 0.243 e. The fourth-order valence-corrected chi connectivity index (χ4v) is 4.98. The molecule has 0 unspecified atom stereocenters. The third-order valence-corrected chi connectivity index (χ3v) is 7.45. The number of benzene rings is 1. The molecule has 1 aromatic carbocycles. The first-order valence-electron chi connectivity index (χ1n) is 9.25. The van der Waals surface area contributed by atoms with Gasteiger partial charge in [-0.2, -0.15) is 4.31 Å². The second-order valence-corrected chi connectivity index (χ2v) is 9.23. The minimum atomic E-state index is -3.50. The van der Waals surface area contributed by atoms with Gasteiger partial charge in [0.25, 0.3) is 0 Å². The van der Waals surface area contributed by atoms with Crippen molar-refractivity contribution in [2.24, 2.45) is 0 Å². The van der Waals surface area contributed by atoms with E-state index in [1.165, 1.54) is 15.6 Å². The van der Waals surface area contributed by atoms with Crippen LogP contribution in [-0.2, 0) is 14.8 Å². The third-order valence-electron chi connectivity index (χ3n) is 4.48. The summed E-state index contributed by atoms with van der Waals surface area (Å²) in [6.07, 6.45) is 0.287. The van der Waals surface area contributed by atoms with Gasteiger partial charge < -0.3 is 5.32 Å². The predicted molar refractivity (Wildman–Crippen MR) is 111 cm³/mol. The number of rotatable bonds is 10. The quantitative estimate of drug-likeness (QED) is 0.593. The lowest BCUT2D eigenvalue weighted by atomic mass is 10.1. The fraction of sp³-hybridized carbons (Fsp3) is 0.400. The van der Waals surface area contributed by atoms with E-state index < -0.39 is 10.0 Å². The molecule has 0 aliphatic carbocycles. The Morgan fingerprint density at radius 1 is 1.07 bits per heavy atom. The van der Waals surface area contributed by atoms with Crippen molar-refractivity contribution in [3.63, 3.8) is 0 Å². The van der Waals surface area contributed by atoms with Crippen LogP contribution in [0.2, 0.25) is 0 Å². The van der Waals surface area contributed by atoms with Crippen LogP contribution in [0.4, 0.5) is 0 Å². The molecular weight excluding hydrogens is 396 g/mol. The van der Waals surface area contributed by atoms with E-state index in [0.29, 0.717) is 18.0 Å². The van der Waals surface area contributed by atoms with Crippen molar-refractivity contribution < 1.29 is 18.0 Å². The number of sulfonamides is 1. The van der Waals surface area contributed by atoms with E-state index in [4.69, 9.17) is 0 Å². The van der Waals surface area contributed by atoms with E-state index in [-0.39, 0.29) is 35.5 Å². The van der Waals surface area contributed by atoms with Crippen LogP contribution in [0.15, 0.2) is 46.7 Å². The van der Waals surface area contributed by atoms with Crippen molar-refractivity contribution in [1.82, 2.24) is 9.62 Å². The van der Waals surface area contributed by atoms with E-state index in [1.807, 2.05) is 18.4 Å². The standard InChI is InChI=1S/C20H26N2O4S2/c1-4-22(5-2)28(25,26)17-10-8-16(9-11-17)15(3)21-20(24)13-12-18(23)19-7-6-14-27-19/h6-11,14-15H,4-5,12-13H2,1-3H3,(H,21,24)/t15-/m0/s1. The summed E-state index contributed by atoms with van der Waals surface area (Å²) >= 11 is 1.37. The molecule has 0 saturated carbocycles. The van der Waals surface area contributed by atoms with Gasteiger partial charge in [0.2, 0.25) is 15.9 Å². The van der Waals surface area contributed by atoms with Gasteiger partial charge in [0, 0.05) is 25.9 Å². The average molecular weight is 423 g/mol. The molecule has 1 amide bonds. The van der Waals surface area contributed by atoms with Crippen molar-refractivity contribution in [2.75, 3.05) is 13.1 Å². The van der Waals surface area contributed by atoms with E-state index in [9.17, 15) is 18.0 Å². The molecule has 152 valence electrons. The summed E-state index contributed by atoms with van der Waals surface area (Å²) in [4.78, 5) is 25.0. The van der Waals surface area contributed by atoms with Crippen molar-refractivity contribution in [2.45, 2.75) is 44.6 Å². The first kappa shape index (κ1) is 22.3. The first-order valence-corrected chi connectivity index (χ1v) is 11.6. The molecule has 0 aliphatic rings. The molecule has 6 nitrogen and oxygen atoms in total. The number of Topliss-reactive ketones (excluding diaryl/α,β-unsaturated/α-hetero) is 1. The first-order chi connectivity index (χ1) is 13.3. The molecule has 1 aromatic heterocycles. The Balaban J connectivity index is 1.94. The van der Waals surface area contributed by atoms with Crippen LogP contribution in [0.5, 0.6) is 0 Å². The number of hydrogen-bond acceptors (Lipinski definition) is 5. The zero-order valence-corrected chi connectivity index (χ0v) is 18.0. The summed E-state index contributed by atoms with van der Waals surface area (Å²) in [6.45, 7) is 6.26. The van der Waals surface area contributed by atoms with Crippen LogP contribution < -0.4 is 5.32 Å². The van der Waals surface area contributed by atoms with Gasteiger partial charge in [-0.05, 0) is 36.1 Å². The Labute approximate surface area is 170 Å². The van der Waals surface area contributed by atoms with Crippen LogP contribution in [-0.4, -0.2) is 37.5 Å². The van der Waals surface area contributed by atoms with Crippen molar-refractivity contribution in [1.29, 1.82) is 0 Å². The number of ketones is 1. The summed E-state index contributed by atoms with van der Waals surface area (Å²) in [6, 6.07) is 9.81. The zero-order chi connectivity index (χ0) is 20.7. The Kier molecular flexibility index (Phi) is 7.91. The van der Waals surface area contributed by atoms with Crippen LogP contribution in [0.1, 0.15) is 54.9 Å². The van der Waals surface area contributed by atoms with E-state index in [2.05, 4.69) is 5.32 Å². The highest BCUT2D eigenvalue weighted by Crippen LogP contribution is 2.20. The number of carbonyl (C=O) groups is 2. The lowest BCUT2D eigenvalue weighted by Crippen LogP contribution is -2.30. The highest BCUT2D eigenvalue weighted by atomic mass is 32.2. The van der Waals surface area contributed by atoms with Gasteiger partial charge in [0.05, 0.1) is 15.8 Å². The summed E-state index contributed by atoms with van der Waals surface area (Å²) in [5.74, 6) is -0.249. The number of carbonyl (C=O) groups excluding carboxylic acids is 2. The summed E-state index contributed by atoms with van der Waals surface area (Å²) < 4.78 is 26.5. The molecule has 2 rings (SSSR count). The minimum Gasteiger partial charge on any atom is -0.350 e. The van der Waals surface area contributed by atoms with Gasteiger partial charge >= 0.3 is 0 Å². The van der Waals surface area contributed by atoms with Crippen molar-refractivity contribution >= 4 is 33.1 Å². The van der Waals surface area contributed by atoms with Gasteiger partial charge in [0.15, 0.2) is 5.78 Å². The second kappa shape index (κ2) is 9.95. The smallest absolute Gasteiger partial charge is 0.243 e. The van der Waals surface area contributed by atoms with E-state index in [0.717, 1.165) is 5.56 Å². The molecule has 8 heteroatoms. The van der Waals surface area contributed by atoms with Crippen molar-refractivity contribution in [3.05, 3.63) is 52.2 Å². The number of hydrogen-bond donors (Lipinski definition) is 1. The Morgan fingerprint density at radius 3 is 2.25 bits per heavy atom. The van der Waals surface area contributed by atoms with Crippen LogP contribution >= 0.6 is 11.3 Å². The number of nitrogens with zero attached hydrogens (tertiary/aromatic N) is 1. The van der Waals surface area contributed by atoms with E-state index in [1.54, 1.807) is 44.2 Å². The number of nitrogens with one attached hydrogen (secondary N) is 1. The van der Waals surface area contributed by atoms with Crippen LogP contribution in [0, 0.1) is 0 Å². The third kappa shape index (κ3) is 5.50. The average Bonchev–Trinajstić information content (AvgIpc) is 3.22. The number of amides is 1. The van der Waals surface area contributed by atoms with E-state index >= 15 is 0 Å². The van der Waals surface area contributed by atoms with Gasteiger partial charge in [-0.15, -0.1) is 11.3 Å². The highest BCUT2D eigenvalue weighted by Gasteiger charge is 2.21. The molecule has 2 aromatic rings. The predicted octanol–water partition coefficient (Wildman–Crippen LogP) is 3.62. The SMILES string of the molecule is CCN(CC)S(=O)(=O)c1ccc([C@H](C)NC(=O)CCC(=O)c2cccs2)cc1. The summed E-state index contributed by atoms with van der Waals surface area (Å²) in [5.41, 5.74) is 0.802. The molecule has 0 spiro atoms. The van der Waals surface area contributed by atoms with Crippen LogP contribution in [0.3, 0.4) is 0 Å².